The lowest BCUT2D eigenvalue weighted by atomic mass is 9.91. The number of carbonyl (C=O) groups excluding carboxylic acids is 1. The summed E-state index contributed by atoms with van der Waals surface area (Å²) < 4.78 is 5.89. The van der Waals surface area contributed by atoms with Gasteiger partial charge < -0.3 is 4.74 Å². The van der Waals surface area contributed by atoms with Gasteiger partial charge in [0.15, 0.2) is 0 Å². The lowest BCUT2D eigenvalue weighted by molar-refractivity contribution is -0.144. The van der Waals surface area contributed by atoms with E-state index in [0.717, 1.165) is 32.4 Å². The van der Waals surface area contributed by atoms with Gasteiger partial charge in [0.1, 0.15) is 5.78 Å². The van der Waals surface area contributed by atoms with Crippen LogP contribution in [0, 0.1) is 0 Å². The van der Waals surface area contributed by atoms with Crippen molar-refractivity contribution in [2.75, 3.05) is 13.1 Å². The number of morpholine rings is 1. The van der Waals surface area contributed by atoms with Gasteiger partial charge in [0, 0.05) is 32.0 Å². The molecule has 1 heterocycles. The van der Waals surface area contributed by atoms with Crippen molar-refractivity contribution in [2.45, 2.75) is 64.2 Å². The number of ketones is 1. The molecule has 0 aromatic carbocycles. The summed E-state index contributed by atoms with van der Waals surface area (Å²) in [6.07, 6.45) is 4.06. The highest BCUT2D eigenvalue weighted by Gasteiger charge is 2.36. The van der Waals surface area contributed by atoms with Gasteiger partial charge in [-0.1, -0.05) is 0 Å². The third-order valence-corrected chi connectivity index (χ3v) is 3.57. The van der Waals surface area contributed by atoms with Gasteiger partial charge in [-0.25, -0.2) is 0 Å². The van der Waals surface area contributed by atoms with E-state index in [1.54, 1.807) is 0 Å². The van der Waals surface area contributed by atoms with Crippen LogP contribution in [0.25, 0.3) is 0 Å². The molecular weight excluding hydrogens is 202 g/mol. The van der Waals surface area contributed by atoms with Gasteiger partial charge in [-0.05, 0) is 33.6 Å². The van der Waals surface area contributed by atoms with E-state index in [4.69, 9.17) is 4.74 Å². The van der Waals surface area contributed by atoms with E-state index in [0.29, 0.717) is 11.8 Å². The second-order valence-electron chi connectivity index (χ2n) is 5.91. The van der Waals surface area contributed by atoms with Crippen LogP contribution in [0.2, 0.25) is 0 Å². The van der Waals surface area contributed by atoms with Crippen LogP contribution in [-0.2, 0) is 9.53 Å². The number of Topliss-reactive ketones (excluding diaryl/α,β-unsaturated/α-hetero) is 1. The van der Waals surface area contributed by atoms with Crippen molar-refractivity contribution in [3.05, 3.63) is 0 Å². The second kappa shape index (κ2) is 4.46. The van der Waals surface area contributed by atoms with Gasteiger partial charge in [-0.15, -0.1) is 0 Å². The van der Waals surface area contributed by atoms with Crippen molar-refractivity contribution in [3.63, 3.8) is 0 Å². The quantitative estimate of drug-likeness (QED) is 0.683. The average Bonchev–Trinajstić information content (AvgIpc) is 2.14. The van der Waals surface area contributed by atoms with E-state index in [1.165, 1.54) is 6.42 Å². The highest BCUT2D eigenvalue weighted by molar-refractivity contribution is 5.79. The number of nitrogens with zero attached hydrogens (tertiary/aromatic N) is 1. The van der Waals surface area contributed by atoms with Gasteiger partial charge in [-0.2, -0.15) is 0 Å². The molecule has 1 saturated heterocycles. The topological polar surface area (TPSA) is 29.5 Å². The minimum absolute atomic E-state index is 0.0713. The van der Waals surface area contributed by atoms with Crippen LogP contribution in [0.3, 0.4) is 0 Å². The maximum Gasteiger partial charge on any atom is 0.134 e. The SMILES string of the molecule is CC1CN(C2CCCC(=O)C2)CC(C)(C)O1. The standard InChI is InChI=1S/C13H23NO2/c1-10-8-14(9-13(2,3)16-10)11-5-4-6-12(15)7-11/h10-11H,4-9H2,1-3H3. The van der Waals surface area contributed by atoms with Crippen molar-refractivity contribution in [3.8, 4) is 0 Å². The number of ether oxygens (including phenoxy) is 1. The van der Waals surface area contributed by atoms with E-state index in [2.05, 4.69) is 25.7 Å². The van der Waals surface area contributed by atoms with Gasteiger partial charge in [0.25, 0.3) is 0 Å². The zero-order chi connectivity index (χ0) is 11.8. The molecular formula is C13H23NO2. The normalized spacial score (nSPS) is 36.3. The van der Waals surface area contributed by atoms with Crippen molar-refractivity contribution >= 4 is 5.78 Å². The summed E-state index contributed by atoms with van der Waals surface area (Å²) in [5, 5.41) is 0. The highest BCUT2D eigenvalue weighted by Crippen LogP contribution is 2.27. The average molecular weight is 225 g/mol. The Hall–Kier alpha value is -0.410. The molecule has 0 amide bonds. The fourth-order valence-electron chi connectivity index (χ4n) is 3.09. The number of carbonyl (C=O) groups is 1. The van der Waals surface area contributed by atoms with Crippen molar-refractivity contribution in [2.24, 2.45) is 0 Å². The molecule has 1 aliphatic carbocycles. The van der Waals surface area contributed by atoms with Crippen molar-refractivity contribution < 1.29 is 9.53 Å². The molecule has 2 unspecified atom stereocenters. The summed E-state index contributed by atoms with van der Waals surface area (Å²) in [5.41, 5.74) is -0.0713. The third kappa shape index (κ3) is 2.83. The molecule has 2 aliphatic rings. The van der Waals surface area contributed by atoms with E-state index in [1.807, 2.05) is 0 Å². The Morgan fingerprint density at radius 2 is 2.19 bits per heavy atom. The molecule has 1 saturated carbocycles. The smallest absolute Gasteiger partial charge is 0.134 e. The number of hydrogen-bond donors (Lipinski definition) is 0. The van der Waals surface area contributed by atoms with Crippen molar-refractivity contribution in [1.82, 2.24) is 4.90 Å². The summed E-state index contributed by atoms with van der Waals surface area (Å²) in [6, 6.07) is 0.465. The van der Waals surface area contributed by atoms with Crippen LogP contribution >= 0.6 is 0 Å². The third-order valence-electron chi connectivity index (χ3n) is 3.57. The largest absolute Gasteiger partial charge is 0.370 e. The fraction of sp³-hybridized carbons (Fsp3) is 0.923. The van der Waals surface area contributed by atoms with E-state index >= 15 is 0 Å². The predicted octanol–water partition coefficient (Wildman–Crippen LogP) is 2.00. The molecule has 0 spiro atoms. The minimum Gasteiger partial charge on any atom is -0.370 e. The summed E-state index contributed by atoms with van der Waals surface area (Å²) in [6.45, 7) is 8.33. The first-order valence-electron chi connectivity index (χ1n) is 6.40. The van der Waals surface area contributed by atoms with Gasteiger partial charge in [0.2, 0.25) is 0 Å². The molecule has 0 radical (unpaired) electrons. The number of rotatable bonds is 1. The molecule has 2 atom stereocenters. The monoisotopic (exact) mass is 225 g/mol. The zero-order valence-electron chi connectivity index (χ0n) is 10.7. The van der Waals surface area contributed by atoms with Crippen LogP contribution in [0.4, 0.5) is 0 Å². The summed E-state index contributed by atoms with van der Waals surface area (Å²) in [5.74, 6) is 0.438. The molecule has 16 heavy (non-hydrogen) atoms. The molecule has 2 rings (SSSR count). The molecule has 92 valence electrons. The maximum absolute atomic E-state index is 11.5. The van der Waals surface area contributed by atoms with Crippen LogP contribution in [0.5, 0.6) is 0 Å². The second-order valence-corrected chi connectivity index (χ2v) is 5.91. The van der Waals surface area contributed by atoms with Gasteiger partial charge in [-0.3, -0.25) is 9.69 Å². The molecule has 3 heteroatoms. The first-order valence-corrected chi connectivity index (χ1v) is 6.40. The first-order chi connectivity index (χ1) is 7.46. The lowest BCUT2D eigenvalue weighted by Crippen LogP contribution is -2.55. The molecule has 2 fully saturated rings. The lowest BCUT2D eigenvalue weighted by Gasteiger charge is -2.45. The van der Waals surface area contributed by atoms with Gasteiger partial charge in [0.05, 0.1) is 11.7 Å². The minimum atomic E-state index is -0.0713. The Bertz CT molecular complexity index is 275. The summed E-state index contributed by atoms with van der Waals surface area (Å²) >= 11 is 0. The first kappa shape index (κ1) is 12.1. The Morgan fingerprint density at radius 1 is 1.44 bits per heavy atom. The highest BCUT2D eigenvalue weighted by atomic mass is 16.5. The Balaban J connectivity index is 2.00. The fourth-order valence-corrected chi connectivity index (χ4v) is 3.09. The Labute approximate surface area is 98.1 Å². The Kier molecular flexibility index (Phi) is 3.36. The molecule has 0 N–H and O–H groups in total. The molecule has 0 bridgehead atoms. The predicted molar refractivity (Wildman–Crippen MR) is 63.5 cm³/mol. The Morgan fingerprint density at radius 3 is 2.81 bits per heavy atom. The van der Waals surface area contributed by atoms with Crippen LogP contribution in [-0.4, -0.2) is 41.5 Å². The number of hydrogen-bond acceptors (Lipinski definition) is 3. The van der Waals surface area contributed by atoms with Crippen molar-refractivity contribution in [1.29, 1.82) is 0 Å². The van der Waals surface area contributed by atoms with E-state index < -0.39 is 0 Å². The van der Waals surface area contributed by atoms with Crippen LogP contribution in [0.1, 0.15) is 46.5 Å². The molecule has 1 aliphatic heterocycles. The van der Waals surface area contributed by atoms with E-state index in [-0.39, 0.29) is 11.7 Å². The molecule has 3 nitrogen and oxygen atoms in total. The summed E-state index contributed by atoms with van der Waals surface area (Å²) in [7, 11) is 0. The van der Waals surface area contributed by atoms with E-state index in [9.17, 15) is 4.79 Å². The van der Waals surface area contributed by atoms with Gasteiger partial charge >= 0.3 is 0 Å². The zero-order valence-corrected chi connectivity index (χ0v) is 10.7. The maximum atomic E-state index is 11.5. The summed E-state index contributed by atoms with van der Waals surface area (Å²) in [4.78, 5) is 14.0. The molecule has 0 aromatic heterocycles. The molecule has 0 aromatic rings. The van der Waals surface area contributed by atoms with Crippen LogP contribution < -0.4 is 0 Å². The van der Waals surface area contributed by atoms with Crippen LogP contribution in [0.15, 0.2) is 0 Å².